The number of para-hydroxylation sites is 1. The van der Waals surface area contributed by atoms with Gasteiger partial charge in [0, 0.05) is 0 Å². The third-order valence-corrected chi connectivity index (χ3v) is 1.52. The lowest BCUT2D eigenvalue weighted by Gasteiger charge is -2.06. The molecule has 0 amide bonds. The van der Waals surface area contributed by atoms with Crippen molar-refractivity contribution in [2.75, 3.05) is 6.67 Å². The molecule has 0 fully saturated rings. The Morgan fingerprint density at radius 3 is 2.60 bits per heavy atom. The summed E-state index contributed by atoms with van der Waals surface area (Å²) in [6, 6.07) is 3.10. The third-order valence-electron chi connectivity index (χ3n) is 1.52. The van der Waals surface area contributed by atoms with Gasteiger partial charge < -0.3 is 9.84 Å². The van der Waals surface area contributed by atoms with Crippen molar-refractivity contribution in [3.05, 3.63) is 29.6 Å². The molecule has 0 heterocycles. The highest BCUT2D eigenvalue weighted by atomic mass is 19.1. The van der Waals surface area contributed by atoms with Gasteiger partial charge in [0.1, 0.15) is 5.56 Å². The minimum atomic E-state index is -1.46. The first-order valence-corrected chi connectivity index (χ1v) is 3.84. The van der Waals surface area contributed by atoms with Crippen LogP contribution < -0.4 is 4.74 Å². The van der Waals surface area contributed by atoms with Crippen LogP contribution in [0.15, 0.2) is 18.2 Å². The number of carbonyl (C=O) groups is 2. The van der Waals surface area contributed by atoms with E-state index < -0.39 is 35.7 Å². The molecule has 1 N–H and O–H groups in total. The predicted molar refractivity (Wildman–Crippen MR) is 45.0 cm³/mol. The average molecular weight is 216 g/mol. The molecule has 0 unspecified atom stereocenters. The molecule has 1 aromatic carbocycles. The zero-order chi connectivity index (χ0) is 11.4. The van der Waals surface area contributed by atoms with Gasteiger partial charge in [-0.3, -0.25) is 0 Å². The molecule has 1 aromatic rings. The van der Waals surface area contributed by atoms with Crippen LogP contribution in [0, 0.1) is 5.82 Å². The fourth-order valence-electron chi connectivity index (χ4n) is 0.922. The highest BCUT2D eigenvalue weighted by Gasteiger charge is 2.18. The van der Waals surface area contributed by atoms with Crippen molar-refractivity contribution in [3.8, 4) is 5.75 Å². The number of benzene rings is 1. The minimum absolute atomic E-state index is 0.531. The van der Waals surface area contributed by atoms with Crippen molar-refractivity contribution in [3.63, 3.8) is 0 Å². The van der Waals surface area contributed by atoms with Crippen LogP contribution in [0.4, 0.5) is 8.78 Å². The summed E-state index contributed by atoms with van der Waals surface area (Å²) in [6.45, 7) is -1.45. The van der Waals surface area contributed by atoms with Gasteiger partial charge in [-0.25, -0.2) is 18.4 Å². The summed E-state index contributed by atoms with van der Waals surface area (Å²) in [7, 11) is 0. The number of carboxylic acids is 1. The largest absolute Gasteiger partial charge is 0.478 e. The fraction of sp³-hybridized carbons (Fsp3) is 0.111. The maximum absolute atomic E-state index is 13.0. The second-order valence-electron chi connectivity index (χ2n) is 2.53. The summed E-state index contributed by atoms with van der Waals surface area (Å²) in [5.74, 6) is -4.61. The number of carbonyl (C=O) groups excluding carboxylic acids is 1. The zero-order valence-corrected chi connectivity index (χ0v) is 7.37. The second kappa shape index (κ2) is 4.50. The first-order chi connectivity index (χ1) is 7.06. The molecule has 0 aliphatic heterocycles. The lowest BCUT2D eigenvalue weighted by Crippen LogP contribution is -2.13. The van der Waals surface area contributed by atoms with Crippen LogP contribution in [0.1, 0.15) is 10.4 Å². The molecule has 1 rings (SSSR count). The smallest absolute Gasteiger partial charge is 0.343 e. The topological polar surface area (TPSA) is 63.6 Å². The molecule has 0 aromatic heterocycles. The lowest BCUT2D eigenvalue weighted by atomic mass is 10.2. The number of rotatable bonds is 3. The maximum Gasteiger partial charge on any atom is 0.343 e. The van der Waals surface area contributed by atoms with Gasteiger partial charge in [0.15, 0.2) is 18.2 Å². The summed E-state index contributed by atoms with van der Waals surface area (Å²) >= 11 is 0. The Hall–Kier alpha value is -1.98. The highest BCUT2D eigenvalue weighted by Crippen LogP contribution is 2.22. The van der Waals surface area contributed by atoms with E-state index in [0.29, 0.717) is 0 Å². The molecule has 6 heteroatoms. The van der Waals surface area contributed by atoms with Crippen molar-refractivity contribution in [2.45, 2.75) is 0 Å². The van der Waals surface area contributed by atoms with Crippen LogP contribution in [0.3, 0.4) is 0 Å². The number of hydrogen-bond acceptors (Lipinski definition) is 3. The van der Waals surface area contributed by atoms with E-state index in [1.54, 1.807) is 0 Å². The van der Waals surface area contributed by atoms with E-state index in [2.05, 4.69) is 4.74 Å². The summed E-state index contributed by atoms with van der Waals surface area (Å²) in [5.41, 5.74) is -0.531. The molecule has 0 aliphatic carbocycles. The Morgan fingerprint density at radius 1 is 1.40 bits per heavy atom. The van der Waals surface area contributed by atoms with Gasteiger partial charge in [0.05, 0.1) is 0 Å². The van der Waals surface area contributed by atoms with Crippen molar-refractivity contribution >= 4 is 11.9 Å². The van der Waals surface area contributed by atoms with Gasteiger partial charge in [-0.1, -0.05) is 6.07 Å². The van der Waals surface area contributed by atoms with Crippen molar-refractivity contribution in [2.24, 2.45) is 0 Å². The number of halogens is 2. The van der Waals surface area contributed by atoms with Crippen molar-refractivity contribution in [1.29, 1.82) is 0 Å². The first kappa shape index (κ1) is 11.1. The van der Waals surface area contributed by atoms with Crippen molar-refractivity contribution in [1.82, 2.24) is 0 Å². The minimum Gasteiger partial charge on any atom is -0.478 e. The second-order valence-corrected chi connectivity index (χ2v) is 2.53. The quantitative estimate of drug-likeness (QED) is 0.612. The Balaban J connectivity index is 3.13. The van der Waals surface area contributed by atoms with E-state index in [4.69, 9.17) is 5.11 Å². The van der Waals surface area contributed by atoms with Gasteiger partial charge in [-0.15, -0.1) is 0 Å². The number of esters is 1. The van der Waals surface area contributed by atoms with E-state index >= 15 is 0 Å². The monoisotopic (exact) mass is 216 g/mol. The molecular formula is C9H6F2O4. The van der Waals surface area contributed by atoms with Crippen LogP contribution in [-0.2, 0) is 4.79 Å². The fourth-order valence-corrected chi connectivity index (χ4v) is 0.922. The molecule has 0 atom stereocenters. The standard InChI is InChI=1S/C9H6F2O4/c10-4-7(12)15-8-5(9(13)14)2-1-3-6(8)11/h1-3H,4H2,(H,13,14). The Morgan fingerprint density at radius 2 is 2.07 bits per heavy atom. The predicted octanol–water partition coefficient (Wildman–Crippen LogP) is 1.40. The number of aromatic carboxylic acids is 1. The van der Waals surface area contributed by atoms with Crippen LogP contribution in [-0.4, -0.2) is 23.7 Å². The van der Waals surface area contributed by atoms with Crippen LogP contribution in [0.5, 0.6) is 5.75 Å². The molecule has 80 valence electrons. The SMILES string of the molecule is O=C(CF)Oc1c(F)cccc1C(=O)O. The van der Waals surface area contributed by atoms with E-state index in [0.717, 1.165) is 18.2 Å². The highest BCUT2D eigenvalue weighted by molar-refractivity contribution is 5.92. The number of alkyl halides is 1. The van der Waals surface area contributed by atoms with Crippen molar-refractivity contribution < 1.29 is 28.2 Å². The number of ether oxygens (including phenoxy) is 1. The van der Waals surface area contributed by atoms with E-state index in [-0.39, 0.29) is 0 Å². The van der Waals surface area contributed by atoms with E-state index in [1.807, 2.05) is 0 Å². The summed E-state index contributed by atoms with van der Waals surface area (Å²) in [6.07, 6.45) is 0. The molecule has 0 radical (unpaired) electrons. The molecule has 15 heavy (non-hydrogen) atoms. The summed E-state index contributed by atoms with van der Waals surface area (Å²) in [4.78, 5) is 21.1. The van der Waals surface area contributed by atoms with Crippen LogP contribution in [0.25, 0.3) is 0 Å². The average Bonchev–Trinajstić information content (AvgIpc) is 2.20. The Bertz CT molecular complexity index is 403. The first-order valence-electron chi connectivity index (χ1n) is 3.84. The van der Waals surface area contributed by atoms with Gasteiger partial charge >= 0.3 is 11.9 Å². The van der Waals surface area contributed by atoms with Gasteiger partial charge in [-0.05, 0) is 12.1 Å². The number of carboxylic acid groups (broad SMARTS) is 1. The van der Waals surface area contributed by atoms with Crippen LogP contribution in [0.2, 0.25) is 0 Å². The maximum atomic E-state index is 13.0. The Labute approximate surface area is 83.1 Å². The third kappa shape index (κ3) is 2.49. The molecule has 4 nitrogen and oxygen atoms in total. The Kier molecular flexibility index (Phi) is 3.33. The van der Waals surface area contributed by atoms with Gasteiger partial charge in [0.25, 0.3) is 0 Å². The van der Waals surface area contributed by atoms with Gasteiger partial charge in [0.2, 0.25) is 0 Å². The molecular weight excluding hydrogens is 210 g/mol. The normalized spacial score (nSPS) is 9.73. The summed E-state index contributed by atoms with van der Waals surface area (Å²) < 4.78 is 29.1. The molecule has 0 spiro atoms. The molecule has 0 saturated carbocycles. The molecule has 0 saturated heterocycles. The zero-order valence-electron chi connectivity index (χ0n) is 7.37. The molecule has 0 aliphatic rings. The lowest BCUT2D eigenvalue weighted by molar-refractivity contribution is -0.135. The van der Waals surface area contributed by atoms with E-state index in [1.165, 1.54) is 0 Å². The van der Waals surface area contributed by atoms with Crippen LogP contribution >= 0.6 is 0 Å². The molecule has 0 bridgehead atoms. The number of hydrogen-bond donors (Lipinski definition) is 1. The van der Waals surface area contributed by atoms with E-state index in [9.17, 15) is 18.4 Å². The van der Waals surface area contributed by atoms with Gasteiger partial charge in [-0.2, -0.15) is 0 Å². The summed E-state index contributed by atoms with van der Waals surface area (Å²) in [5, 5.41) is 8.62.